The Hall–Kier alpha value is 0.500. The quantitative estimate of drug-likeness (QED) is 0.655. The van der Waals surface area contributed by atoms with E-state index in [2.05, 4.69) is 0 Å². The summed E-state index contributed by atoms with van der Waals surface area (Å²) in [5.41, 5.74) is -0.319. The summed E-state index contributed by atoms with van der Waals surface area (Å²) >= 11 is 11.2. The molecule has 0 radical (unpaired) electrons. The molecule has 0 spiro atoms. The fraction of sp³-hybridized carbons (Fsp3) is 1.00. The van der Waals surface area contributed by atoms with Gasteiger partial charge in [-0.3, -0.25) is 0 Å². The van der Waals surface area contributed by atoms with Gasteiger partial charge in [-0.05, 0) is 26.7 Å². The summed E-state index contributed by atoms with van der Waals surface area (Å²) < 4.78 is 7.37. The number of hydrogen-bond acceptors (Lipinski definition) is 2. The van der Waals surface area contributed by atoms with Crippen molar-refractivity contribution < 1.29 is 6.58 Å². The zero-order chi connectivity index (χ0) is 9.57. The highest BCUT2D eigenvalue weighted by Gasteiger charge is 2.41. The minimum atomic E-state index is -1.62. The molecule has 1 atom stereocenters. The maximum absolute atomic E-state index is 9.60. The smallest absolute Gasteiger partial charge is 0.125 e. The topological polar surface area (TPSA) is 23.5 Å². The molecule has 0 aromatic carbocycles. The van der Waals surface area contributed by atoms with E-state index in [-0.39, 0.29) is 5.54 Å². The second-order valence-corrected chi connectivity index (χ2v) is 4.51. The molecule has 4 heteroatoms. The first-order valence-corrected chi connectivity index (χ1v) is 4.37. The van der Waals surface area contributed by atoms with Gasteiger partial charge in [-0.2, -0.15) is 5.06 Å². The third kappa shape index (κ3) is 1.81. The molecule has 0 aromatic heterocycles. The lowest BCUT2D eigenvalue weighted by atomic mass is 10.0. The largest absolute Gasteiger partial charge is 0.313 e. The van der Waals surface area contributed by atoms with Gasteiger partial charge in [0.1, 0.15) is 4.81 Å². The zero-order valence-electron chi connectivity index (χ0n) is 7.64. The van der Waals surface area contributed by atoms with Gasteiger partial charge < -0.3 is 5.21 Å². The predicted molar refractivity (Wildman–Crippen MR) is 46.2 cm³/mol. The van der Waals surface area contributed by atoms with Gasteiger partial charge in [-0.15, -0.1) is 23.2 Å². The first-order chi connectivity index (χ1) is 5.25. The van der Waals surface area contributed by atoms with E-state index in [1.54, 1.807) is 0 Å². The molecule has 1 aliphatic heterocycles. The third-order valence-electron chi connectivity index (χ3n) is 2.20. The van der Waals surface area contributed by atoms with Gasteiger partial charge in [0.25, 0.3) is 0 Å². The van der Waals surface area contributed by atoms with Crippen LogP contribution in [0.1, 0.15) is 28.1 Å². The van der Waals surface area contributed by atoms with E-state index in [0.717, 1.165) is 11.5 Å². The fourth-order valence-electron chi connectivity index (χ4n) is 1.35. The average molecular weight is 199 g/mol. The SMILES string of the molecule is [2H]C(Cl)(Cl)C1CCC(C)(C)N1O. The summed E-state index contributed by atoms with van der Waals surface area (Å²) in [6.07, 6.45) is 1.45. The summed E-state index contributed by atoms with van der Waals surface area (Å²) in [5, 5.41) is 10.7. The molecule has 1 N–H and O–H groups in total. The average Bonchev–Trinajstić information content (AvgIpc) is 2.06. The Bertz CT molecular complexity index is 181. The highest BCUT2D eigenvalue weighted by Crippen LogP contribution is 2.35. The van der Waals surface area contributed by atoms with Crippen molar-refractivity contribution in [1.82, 2.24) is 5.06 Å². The Morgan fingerprint density at radius 1 is 1.73 bits per heavy atom. The molecule has 0 bridgehead atoms. The van der Waals surface area contributed by atoms with Gasteiger partial charge in [0, 0.05) is 5.54 Å². The summed E-state index contributed by atoms with van der Waals surface area (Å²) in [5.74, 6) is 0. The van der Waals surface area contributed by atoms with Crippen LogP contribution in [0.2, 0.25) is 0 Å². The molecule has 1 aliphatic rings. The number of rotatable bonds is 1. The van der Waals surface area contributed by atoms with Gasteiger partial charge in [0.2, 0.25) is 0 Å². The second kappa shape index (κ2) is 3.09. The Morgan fingerprint density at radius 2 is 2.27 bits per heavy atom. The Kier molecular flexibility index (Phi) is 2.28. The molecule has 1 fully saturated rings. The molecule has 1 unspecified atom stereocenters. The van der Waals surface area contributed by atoms with E-state index in [4.69, 9.17) is 24.6 Å². The van der Waals surface area contributed by atoms with Gasteiger partial charge in [-0.1, -0.05) is 0 Å². The van der Waals surface area contributed by atoms with Crippen LogP contribution in [0.25, 0.3) is 0 Å². The highest BCUT2D eigenvalue weighted by atomic mass is 35.5. The molecule has 0 aliphatic carbocycles. The van der Waals surface area contributed by atoms with Crippen LogP contribution in [0.15, 0.2) is 0 Å². The van der Waals surface area contributed by atoms with Gasteiger partial charge >= 0.3 is 0 Å². The van der Waals surface area contributed by atoms with Crippen LogP contribution in [0.4, 0.5) is 0 Å². The van der Waals surface area contributed by atoms with Crippen LogP contribution >= 0.6 is 23.2 Å². The van der Waals surface area contributed by atoms with Crippen LogP contribution in [-0.4, -0.2) is 26.7 Å². The first-order valence-electron chi connectivity index (χ1n) is 4.11. The van der Waals surface area contributed by atoms with E-state index in [1.807, 2.05) is 13.8 Å². The molecular formula is C7H13Cl2NO. The molecule has 66 valence electrons. The van der Waals surface area contributed by atoms with Crippen LogP contribution in [0.5, 0.6) is 0 Å². The van der Waals surface area contributed by atoms with E-state index >= 15 is 0 Å². The molecule has 0 saturated carbocycles. The Balaban J connectivity index is 2.74. The van der Waals surface area contributed by atoms with Crippen molar-refractivity contribution >= 4 is 23.2 Å². The number of nitrogens with zero attached hydrogens (tertiary/aromatic N) is 1. The number of halogens is 2. The summed E-state index contributed by atoms with van der Waals surface area (Å²) in [6.45, 7) is 3.79. The standard InChI is InChI=1S/C7H13Cl2NO/c1-7(2)4-3-5(6(8)9)10(7)11/h5-6,11H,3-4H2,1-2H3/i6D. The predicted octanol–water partition coefficient (Wildman–Crippen LogP) is 2.42. The lowest BCUT2D eigenvalue weighted by molar-refractivity contribution is -0.161. The van der Waals surface area contributed by atoms with Crippen LogP contribution in [0, 0.1) is 0 Å². The minimum absolute atomic E-state index is 0.319. The molecule has 0 aromatic rings. The van der Waals surface area contributed by atoms with Crippen LogP contribution in [0.3, 0.4) is 0 Å². The molecule has 1 saturated heterocycles. The van der Waals surface area contributed by atoms with Gasteiger partial charge in [-0.25, -0.2) is 0 Å². The van der Waals surface area contributed by atoms with Crippen molar-refractivity contribution in [1.29, 1.82) is 0 Å². The minimum Gasteiger partial charge on any atom is -0.313 e. The molecule has 1 heterocycles. The maximum Gasteiger partial charge on any atom is 0.125 e. The summed E-state index contributed by atoms with van der Waals surface area (Å²) in [7, 11) is 0. The molecule has 2 nitrogen and oxygen atoms in total. The maximum atomic E-state index is 9.60. The van der Waals surface area contributed by atoms with Crippen molar-refractivity contribution in [2.75, 3.05) is 0 Å². The monoisotopic (exact) mass is 198 g/mol. The van der Waals surface area contributed by atoms with Crippen molar-refractivity contribution in [2.45, 2.75) is 43.1 Å². The summed E-state index contributed by atoms with van der Waals surface area (Å²) in [6, 6.07) is -0.490. The second-order valence-electron chi connectivity index (χ2n) is 3.50. The normalized spacial score (nSPS) is 33.9. The van der Waals surface area contributed by atoms with Crippen molar-refractivity contribution in [3.8, 4) is 0 Å². The van der Waals surface area contributed by atoms with E-state index in [0.29, 0.717) is 6.42 Å². The lowest BCUT2D eigenvalue weighted by Crippen LogP contribution is -2.42. The van der Waals surface area contributed by atoms with Gasteiger partial charge in [0.05, 0.1) is 7.41 Å². The van der Waals surface area contributed by atoms with Crippen molar-refractivity contribution in [3.05, 3.63) is 0 Å². The fourth-order valence-corrected chi connectivity index (χ4v) is 1.75. The summed E-state index contributed by atoms with van der Waals surface area (Å²) in [4.78, 5) is -1.62. The van der Waals surface area contributed by atoms with Gasteiger partial charge in [0.15, 0.2) is 0 Å². The molecular weight excluding hydrogens is 185 g/mol. The molecule has 11 heavy (non-hydrogen) atoms. The zero-order valence-corrected chi connectivity index (χ0v) is 8.15. The number of hydrogen-bond donors (Lipinski definition) is 1. The number of alkyl halides is 2. The lowest BCUT2D eigenvalue weighted by Gasteiger charge is -2.29. The highest BCUT2D eigenvalue weighted by molar-refractivity contribution is 6.44. The molecule has 0 amide bonds. The number of hydroxylamine groups is 2. The molecule has 1 rings (SSSR count). The Labute approximate surface area is 78.4 Å². The van der Waals surface area contributed by atoms with E-state index in [1.165, 1.54) is 0 Å². The Morgan fingerprint density at radius 3 is 2.45 bits per heavy atom. The first kappa shape index (κ1) is 8.11. The van der Waals surface area contributed by atoms with E-state index in [9.17, 15) is 5.21 Å². The van der Waals surface area contributed by atoms with Crippen LogP contribution < -0.4 is 0 Å². The van der Waals surface area contributed by atoms with Crippen LogP contribution in [-0.2, 0) is 0 Å². The van der Waals surface area contributed by atoms with E-state index < -0.39 is 10.9 Å². The van der Waals surface area contributed by atoms with Crippen molar-refractivity contribution in [2.24, 2.45) is 0 Å². The van der Waals surface area contributed by atoms with Crippen molar-refractivity contribution in [3.63, 3.8) is 0 Å². The third-order valence-corrected chi connectivity index (χ3v) is 2.70.